The Balaban J connectivity index is 2.09. The number of allylic oxidation sites excluding steroid dienone is 1. The number of aryl methyl sites for hydroxylation is 1. The van der Waals surface area contributed by atoms with Gasteiger partial charge in [0.15, 0.2) is 5.78 Å². The number of hydrogen-bond acceptors (Lipinski definition) is 8. The van der Waals surface area contributed by atoms with Crippen LogP contribution < -0.4 is 14.2 Å². The number of carbonyl (C=O) groups excluding carboxylic acids is 3. The van der Waals surface area contributed by atoms with E-state index in [4.69, 9.17) is 23.7 Å². The van der Waals surface area contributed by atoms with Crippen LogP contribution in [0.2, 0.25) is 0 Å². The molecule has 212 valence electrons. The van der Waals surface area contributed by atoms with Gasteiger partial charge in [-0.15, -0.1) is 0 Å². The fraction of sp³-hybridized carbons (Fsp3) is 0.452. The normalized spacial score (nSPS) is 11.7. The minimum atomic E-state index is -0.622. The summed E-state index contributed by atoms with van der Waals surface area (Å²) in [5, 5.41) is 0. The Labute approximate surface area is 231 Å². The van der Waals surface area contributed by atoms with E-state index >= 15 is 0 Å². The van der Waals surface area contributed by atoms with Gasteiger partial charge in [0.1, 0.15) is 17.2 Å². The number of rotatable bonds is 12. The van der Waals surface area contributed by atoms with Gasteiger partial charge < -0.3 is 23.7 Å². The molecule has 0 heterocycles. The lowest BCUT2D eigenvalue weighted by molar-refractivity contribution is -0.160. The van der Waals surface area contributed by atoms with Gasteiger partial charge in [-0.05, 0) is 96.0 Å². The second kappa shape index (κ2) is 13.8. The summed E-state index contributed by atoms with van der Waals surface area (Å²) in [6, 6.07) is 10.2. The third-order valence-electron chi connectivity index (χ3n) is 5.53. The molecule has 0 amide bonds. The highest BCUT2D eigenvalue weighted by Gasteiger charge is 2.24. The largest absolute Gasteiger partial charge is 0.496 e. The first-order valence-corrected chi connectivity index (χ1v) is 12.9. The number of benzene rings is 2. The van der Waals surface area contributed by atoms with E-state index in [2.05, 4.69) is 6.92 Å². The highest BCUT2D eigenvalue weighted by molar-refractivity contribution is 6.07. The van der Waals surface area contributed by atoms with Crippen molar-refractivity contribution >= 4 is 23.8 Å². The van der Waals surface area contributed by atoms with Crippen LogP contribution in [0, 0.1) is 10.8 Å². The van der Waals surface area contributed by atoms with Crippen molar-refractivity contribution in [3.05, 3.63) is 59.2 Å². The van der Waals surface area contributed by atoms with E-state index in [1.807, 2.05) is 6.07 Å². The van der Waals surface area contributed by atoms with Gasteiger partial charge in [-0.25, -0.2) is 0 Å². The van der Waals surface area contributed by atoms with E-state index in [1.165, 1.54) is 13.2 Å². The quantitative estimate of drug-likeness (QED) is 0.132. The van der Waals surface area contributed by atoms with Crippen molar-refractivity contribution < 1.29 is 38.1 Å². The van der Waals surface area contributed by atoms with Crippen molar-refractivity contribution in [2.24, 2.45) is 10.8 Å². The molecule has 0 radical (unpaired) electrons. The lowest BCUT2D eigenvalue weighted by atomic mass is 9.97. The molecule has 0 aliphatic heterocycles. The van der Waals surface area contributed by atoms with Gasteiger partial charge in [0.25, 0.3) is 0 Å². The van der Waals surface area contributed by atoms with Gasteiger partial charge in [-0.2, -0.15) is 0 Å². The average molecular weight is 541 g/mol. The average Bonchev–Trinajstić information content (AvgIpc) is 2.87. The number of hydrogen-bond donors (Lipinski definition) is 0. The van der Waals surface area contributed by atoms with Gasteiger partial charge in [0, 0.05) is 17.2 Å². The molecule has 8 heteroatoms. The molecule has 0 saturated carbocycles. The predicted octanol–water partition coefficient (Wildman–Crippen LogP) is 6.40. The van der Waals surface area contributed by atoms with Crippen molar-refractivity contribution in [3.8, 4) is 17.2 Å². The molecule has 0 aliphatic rings. The van der Waals surface area contributed by atoms with E-state index in [9.17, 15) is 14.4 Å². The Morgan fingerprint density at radius 1 is 0.795 bits per heavy atom. The minimum Gasteiger partial charge on any atom is -0.496 e. The van der Waals surface area contributed by atoms with Crippen LogP contribution in [0.1, 0.15) is 76.4 Å². The molecular weight excluding hydrogens is 500 g/mol. The zero-order valence-electron chi connectivity index (χ0n) is 24.2. The molecule has 2 rings (SSSR count). The van der Waals surface area contributed by atoms with E-state index in [1.54, 1.807) is 78.0 Å². The topological polar surface area (TPSA) is 97.4 Å². The Morgan fingerprint density at radius 2 is 1.36 bits per heavy atom. The van der Waals surface area contributed by atoms with Crippen molar-refractivity contribution in [1.82, 2.24) is 0 Å². The second-order valence-electron chi connectivity index (χ2n) is 11.1. The number of esters is 2. The fourth-order valence-corrected chi connectivity index (χ4v) is 3.24. The van der Waals surface area contributed by atoms with Crippen LogP contribution in [0.15, 0.2) is 42.5 Å². The van der Waals surface area contributed by atoms with Gasteiger partial charge in [0.05, 0.1) is 17.9 Å². The maximum Gasteiger partial charge on any atom is 0.314 e. The second-order valence-corrected chi connectivity index (χ2v) is 11.1. The summed E-state index contributed by atoms with van der Waals surface area (Å²) in [6.45, 7) is 12.3. The van der Waals surface area contributed by atoms with E-state index in [0.29, 0.717) is 28.4 Å². The molecule has 39 heavy (non-hydrogen) atoms. The number of ether oxygens (including phenoxy) is 5. The fourth-order valence-electron chi connectivity index (χ4n) is 3.24. The summed E-state index contributed by atoms with van der Waals surface area (Å²) in [5.74, 6) is 0.641. The van der Waals surface area contributed by atoms with E-state index < -0.39 is 10.8 Å². The molecule has 0 unspecified atom stereocenters. The van der Waals surface area contributed by atoms with Crippen LogP contribution in [-0.4, -0.2) is 38.4 Å². The molecule has 0 fully saturated rings. The van der Waals surface area contributed by atoms with Gasteiger partial charge in [-0.3, -0.25) is 14.4 Å². The molecule has 8 nitrogen and oxygen atoms in total. The summed E-state index contributed by atoms with van der Waals surface area (Å²) >= 11 is 0. The third-order valence-corrected chi connectivity index (χ3v) is 5.53. The summed E-state index contributed by atoms with van der Waals surface area (Å²) in [4.78, 5) is 36.7. The standard InChI is InChI=1S/C31H40O8/c1-9-10-22-17-23(26(35-8)18-27(22)37-20-39-29(34)31(5,6)7)13-16-25(32)21-11-14-24(15-12-21)36-19-38-28(33)30(2,3)4/h11-18H,9-10,19-20H2,1-8H3. The first-order valence-electron chi connectivity index (χ1n) is 12.9. The molecule has 0 spiro atoms. The maximum atomic E-state index is 12.8. The predicted molar refractivity (Wildman–Crippen MR) is 149 cm³/mol. The molecule has 2 aromatic carbocycles. The highest BCUT2D eigenvalue weighted by atomic mass is 16.7. The number of methoxy groups -OCH3 is 1. The molecule has 0 bridgehead atoms. The van der Waals surface area contributed by atoms with Crippen molar-refractivity contribution in [1.29, 1.82) is 0 Å². The lowest BCUT2D eigenvalue weighted by Gasteiger charge is -2.18. The summed E-state index contributed by atoms with van der Waals surface area (Å²) < 4.78 is 27.1. The molecule has 0 saturated heterocycles. The smallest absolute Gasteiger partial charge is 0.314 e. The van der Waals surface area contributed by atoms with Crippen molar-refractivity contribution in [2.45, 2.75) is 61.3 Å². The van der Waals surface area contributed by atoms with Crippen LogP contribution in [0.5, 0.6) is 17.2 Å². The molecule has 0 aliphatic carbocycles. The van der Waals surface area contributed by atoms with Crippen LogP contribution in [0.4, 0.5) is 0 Å². The number of ketones is 1. The molecular formula is C31H40O8. The van der Waals surface area contributed by atoms with Crippen molar-refractivity contribution in [3.63, 3.8) is 0 Å². The Kier molecular flexibility index (Phi) is 11.1. The van der Waals surface area contributed by atoms with E-state index in [-0.39, 0.29) is 31.3 Å². The van der Waals surface area contributed by atoms with Gasteiger partial charge >= 0.3 is 11.9 Å². The van der Waals surface area contributed by atoms with Gasteiger partial charge in [0.2, 0.25) is 13.6 Å². The van der Waals surface area contributed by atoms with Crippen LogP contribution in [0.25, 0.3) is 6.08 Å². The summed E-state index contributed by atoms with van der Waals surface area (Å²) in [6.07, 6.45) is 4.77. The zero-order valence-corrected chi connectivity index (χ0v) is 24.2. The zero-order chi connectivity index (χ0) is 29.2. The van der Waals surface area contributed by atoms with Crippen LogP contribution >= 0.6 is 0 Å². The first kappa shape index (κ1) is 31.4. The Morgan fingerprint density at radius 3 is 1.87 bits per heavy atom. The van der Waals surface area contributed by atoms with Crippen LogP contribution in [-0.2, 0) is 25.5 Å². The summed E-state index contributed by atoms with van der Waals surface area (Å²) in [7, 11) is 1.54. The monoisotopic (exact) mass is 540 g/mol. The number of carbonyl (C=O) groups is 3. The van der Waals surface area contributed by atoms with Crippen LogP contribution in [0.3, 0.4) is 0 Å². The minimum absolute atomic E-state index is 0.200. The molecule has 0 atom stereocenters. The Hall–Kier alpha value is -3.81. The SMILES string of the molecule is CCCc1cc(C=CC(=O)c2ccc(OCOC(=O)C(C)(C)C)cc2)c(OC)cc1OCOC(=O)C(C)(C)C. The maximum absolute atomic E-state index is 12.8. The summed E-state index contributed by atoms with van der Waals surface area (Å²) in [5.41, 5.74) is 0.863. The van der Waals surface area contributed by atoms with E-state index in [0.717, 1.165) is 18.4 Å². The molecule has 0 aromatic heterocycles. The van der Waals surface area contributed by atoms with Crippen molar-refractivity contribution in [2.75, 3.05) is 20.7 Å². The highest BCUT2D eigenvalue weighted by Crippen LogP contribution is 2.31. The van der Waals surface area contributed by atoms with Gasteiger partial charge in [-0.1, -0.05) is 13.3 Å². The first-order chi connectivity index (χ1) is 18.3. The Bertz CT molecular complexity index is 1160. The molecule has 0 N–H and O–H groups in total. The lowest BCUT2D eigenvalue weighted by Crippen LogP contribution is -2.24. The third kappa shape index (κ3) is 9.78. The molecule has 2 aromatic rings.